The van der Waals surface area contributed by atoms with Gasteiger partial charge in [0.25, 0.3) is 0 Å². The van der Waals surface area contributed by atoms with Crippen molar-refractivity contribution in [2.24, 2.45) is 0 Å². The first-order valence-electron chi connectivity index (χ1n) is 5.04. The quantitative estimate of drug-likeness (QED) is 0.635. The molecule has 1 nitrogen and oxygen atoms in total. The van der Waals surface area contributed by atoms with Gasteiger partial charge in [-0.15, -0.1) is 11.7 Å². The normalized spacial score (nSPS) is 12.9. The zero-order chi connectivity index (χ0) is 12.6. The highest BCUT2D eigenvalue weighted by atomic mass is 33.1. The molecule has 0 saturated carbocycles. The molecule has 0 heterocycles. The lowest BCUT2D eigenvalue weighted by molar-refractivity contribution is 0.0784. The Morgan fingerprint density at radius 3 is 2.25 bits per heavy atom. The average Bonchev–Trinajstić information content (AvgIpc) is 2.16. The predicted molar refractivity (Wildman–Crippen MR) is 71.2 cm³/mol. The third-order valence-corrected chi connectivity index (χ3v) is 4.60. The van der Waals surface area contributed by atoms with E-state index < -0.39 is 10.3 Å². The lowest BCUT2D eigenvalue weighted by Gasteiger charge is -2.25. The van der Waals surface area contributed by atoms with Gasteiger partial charge >= 0.3 is 0 Å². The van der Waals surface area contributed by atoms with Crippen LogP contribution < -0.4 is 0 Å². The van der Waals surface area contributed by atoms with Crippen LogP contribution in [0.2, 0.25) is 0 Å². The molecule has 0 amide bonds. The van der Waals surface area contributed by atoms with E-state index in [0.29, 0.717) is 11.1 Å². The van der Waals surface area contributed by atoms with Crippen molar-refractivity contribution in [2.75, 3.05) is 0 Å². The molecule has 0 aliphatic rings. The predicted octanol–water partition coefficient (Wildman–Crippen LogP) is 3.87. The van der Waals surface area contributed by atoms with Gasteiger partial charge in [0.15, 0.2) is 0 Å². The van der Waals surface area contributed by atoms with Crippen LogP contribution in [0.3, 0.4) is 0 Å². The van der Waals surface area contributed by atoms with E-state index in [4.69, 9.17) is 0 Å². The first-order chi connectivity index (χ1) is 7.18. The van der Waals surface area contributed by atoms with E-state index in [0.717, 1.165) is 0 Å². The van der Waals surface area contributed by atoms with Crippen LogP contribution in [0.4, 0.5) is 4.39 Å². The Bertz CT molecular complexity index is 383. The Balaban J connectivity index is 3.30. The second-order valence-corrected chi connectivity index (χ2v) is 6.61. The van der Waals surface area contributed by atoms with Crippen molar-refractivity contribution in [1.29, 1.82) is 0 Å². The summed E-state index contributed by atoms with van der Waals surface area (Å²) in [4.78, 5) is 0. The highest BCUT2D eigenvalue weighted by Gasteiger charge is 2.26. The molecular formula is C12H17FOS2. The molecule has 0 spiro atoms. The van der Waals surface area contributed by atoms with Crippen LogP contribution in [0.15, 0.2) is 18.2 Å². The van der Waals surface area contributed by atoms with Gasteiger partial charge in [0.05, 0.1) is 5.60 Å². The molecule has 0 saturated heterocycles. The summed E-state index contributed by atoms with van der Waals surface area (Å²) in [5.74, 6) is -0.264. The van der Waals surface area contributed by atoms with Crippen LogP contribution in [-0.4, -0.2) is 5.11 Å². The van der Waals surface area contributed by atoms with Crippen LogP contribution in [0, 0.1) is 5.82 Å². The molecule has 1 aromatic carbocycles. The summed E-state index contributed by atoms with van der Waals surface area (Å²) in [5.41, 5.74) is 0.311. The molecule has 1 aromatic rings. The maximum absolute atomic E-state index is 13.7. The van der Waals surface area contributed by atoms with Crippen LogP contribution in [-0.2, 0) is 10.3 Å². The summed E-state index contributed by atoms with van der Waals surface area (Å²) < 4.78 is 13.3. The molecule has 0 aliphatic heterocycles. The van der Waals surface area contributed by atoms with Crippen molar-refractivity contribution < 1.29 is 9.50 Å². The molecule has 0 aromatic heterocycles. The summed E-state index contributed by atoms with van der Waals surface area (Å²) in [6, 6.07) is 4.71. The molecule has 0 unspecified atom stereocenters. The number of aliphatic hydroxyl groups is 1. The molecule has 4 heteroatoms. The van der Waals surface area contributed by atoms with E-state index in [1.54, 1.807) is 26.0 Å². The van der Waals surface area contributed by atoms with Gasteiger partial charge in [0.2, 0.25) is 0 Å². The van der Waals surface area contributed by atoms with E-state index >= 15 is 0 Å². The second-order valence-electron chi connectivity index (χ2n) is 4.86. The van der Waals surface area contributed by atoms with Gasteiger partial charge in [-0.2, -0.15) is 0 Å². The maximum atomic E-state index is 13.7. The van der Waals surface area contributed by atoms with Gasteiger partial charge in [-0.25, -0.2) is 4.39 Å². The molecule has 90 valence electrons. The first kappa shape index (κ1) is 13.9. The Morgan fingerprint density at radius 1 is 1.25 bits per heavy atom. The van der Waals surface area contributed by atoms with Gasteiger partial charge in [-0.1, -0.05) is 16.9 Å². The fourth-order valence-corrected chi connectivity index (χ4v) is 1.97. The molecule has 16 heavy (non-hydrogen) atoms. The number of halogens is 1. The van der Waals surface area contributed by atoms with Crippen molar-refractivity contribution >= 4 is 22.5 Å². The van der Waals surface area contributed by atoms with Crippen molar-refractivity contribution in [2.45, 2.75) is 38.0 Å². The highest BCUT2D eigenvalue weighted by molar-refractivity contribution is 8.68. The Kier molecular flexibility index (Phi) is 3.98. The number of benzene rings is 1. The van der Waals surface area contributed by atoms with Gasteiger partial charge in [0.1, 0.15) is 5.82 Å². The van der Waals surface area contributed by atoms with Gasteiger partial charge in [-0.3, -0.25) is 0 Å². The summed E-state index contributed by atoms with van der Waals surface area (Å²) in [7, 11) is 1.29. The average molecular weight is 260 g/mol. The van der Waals surface area contributed by atoms with Gasteiger partial charge in [-0.05, 0) is 45.4 Å². The topological polar surface area (TPSA) is 20.2 Å². The van der Waals surface area contributed by atoms with Crippen LogP contribution in [0.25, 0.3) is 0 Å². The fraction of sp³-hybridized carbons (Fsp3) is 0.500. The molecule has 1 N–H and O–H groups in total. The van der Waals surface area contributed by atoms with Crippen molar-refractivity contribution in [1.82, 2.24) is 0 Å². The largest absolute Gasteiger partial charge is 0.386 e. The number of hydrogen-bond acceptors (Lipinski definition) is 3. The summed E-state index contributed by atoms with van der Waals surface area (Å²) in [6.07, 6.45) is 0. The number of hydrogen-bond donors (Lipinski definition) is 2. The minimum atomic E-state index is -0.959. The van der Waals surface area contributed by atoms with Gasteiger partial charge < -0.3 is 5.11 Å². The van der Waals surface area contributed by atoms with Crippen molar-refractivity contribution in [3.05, 3.63) is 35.1 Å². The van der Waals surface area contributed by atoms with E-state index in [-0.39, 0.29) is 5.82 Å². The van der Waals surface area contributed by atoms with E-state index in [1.807, 2.05) is 13.8 Å². The lowest BCUT2D eigenvalue weighted by atomic mass is 9.92. The number of thiol groups is 1. The van der Waals surface area contributed by atoms with Crippen LogP contribution >= 0.6 is 22.5 Å². The third-order valence-electron chi connectivity index (χ3n) is 2.55. The zero-order valence-electron chi connectivity index (χ0n) is 9.91. The first-order valence-corrected chi connectivity index (χ1v) is 6.91. The molecule has 0 bridgehead atoms. The highest BCUT2D eigenvalue weighted by Crippen LogP contribution is 2.40. The third kappa shape index (κ3) is 2.93. The summed E-state index contributed by atoms with van der Waals surface area (Å²) >= 11 is 4.15. The SMILES string of the molecule is CC(C)(O)c1ccc(F)c(C(C)(C)SS)c1. The van der Waals surface area contributed by atoms with E-state index in [9.17, 15) is 9.50 Å². The Hall–Kier alpha value is -0.190. The molecule has 0 fully saturated rings. The fourth-order valence-electron chi connectivity index (χ4n) is 1.42. The van der Waals surface area contributed by atoms with Crippen molar-refractivity contribution in [3.63, 3.8) is 0 Å². The minimum absolute atomic E-state index is 0.264. The standard InChI is InChI=1S/C12H17FOS2/c1-11(2,14)8-5-6-10(13)9(7-8)12(3,4)16-15/h5-7,14-15H,1-4H3. The van der Waals surface area contributed by atoms with E-state index in [2.05, 4.69) is 11.7 Å². The smallest absolute Gasteiger partial charge is 0.127 e. The molecular weight excluding hydrogens is 243 g/mol. The Morgan fingerprint density at radius 2 is 1.81 bits per heavy atom. The maximum Gasteiger partial charge on any atom is 0.127 e. The summed E-state index contributed by atoms with van der Waals surface area (Å²) in [5, 5.41) is 9.89. The Labute approximate surface area is 105 Å². The van der Waals surface area contributed by atoms with Crippen LogP contribution in [0.1, 0.15) is 38.8 Å². The second kappa shape index (κ2) is 4.59. The van der Waals surface area contributed by atoms with E-state index in [1.165, 1.54) is 16.9 Å². The number of rotatable bonds is 3. The molecule has 0 radical (unpaired) electrons. The van der Waals surface area contributed by atoms with Gasteiger partial charge in [0, 0.05) is 10.3 Å². The zero-order valence-corrected chi connectivity index (χ0v) is 11.6. The minimum Gasteiger partial charge on any atom is -0.386 e. The molecule has 0 atom stereocenters. The van der Waals surface area contributed by atoms with Crippen molar-refractivity contribution in [3.8, 4) is 0 Å². The monoisotopic (exact) mass is 260 g/mol. The molecule has 1 rings (SSSR count). The van der Waals surface area contributed by atoms with Crippen LogP contribution in [0.5, 0.6) is 0 Å². The summed E-state index contributed by atoms with van der Waals surface area (Å²) in [6.45, 7) is 7.17. The molecule has 0 aliphatic carbocycles. The lowest BCUT2D eigenvalue weighted by Crippen LogP contribution is -2.19.